The van der Waals surface area contributed by atoms with Crippen molar-refractivity contribution in [3.05, 3.63) is 47.0 Å². The second kappa shape index (κ2) is 9.99. The second-order valence-electron chi connectivity index (χ2n) is 5.06. The van der Waals surface area contributed by atoms with E-state index in [0.717, 1.165) is 12.8 Å². The van der Waals surface area contributed by atoms with E-state index in [9.17, 15) is 14.1 Å². The average Bonchev–Trinajstić information content (AvgIpc) is 2.52. The molecule has 0 aliphatic heterocycles. The van der Waals surface area contributed by atoms with Gasteiger partial charge in [-0.05, 0) is 38.0 Å². The van der Waals surface area contributed by atoms with Crippen LogP contribution in [0.25, 0.3) is 0 Å². The number of allylic oxidation sites excluding steroid dienone is 1. The molecule has 6 heteroatoms. The van der Waals surface area contributed by atoms with Crippen LogP contribution in [0.2, 0.25) is 0 Å². The summed E-state index contributed by atoms with van der Waals surface area (Å²) in [4.78, 5) is 0. The highest BCUT2D eigenvalue weighted by atomic mass is 31.2. The number of aliphatic hydroxyl groups excluding tert-OH is 1. The van der Waals surface area contributed by atoms with Gasteiger partial charge in [0.15, 0.2) is 0 Å². The summed E-state index contributed by atoms with van der Waals surface area (Å²) in [5.41, 5.74) is 0.453. The van der Waals surface area contributed by atoms with Gasteiger partial charge in [-0.2, -0.15) is 0 Å². The normalized spacial score (nSPS) is 14.0. The van der Waals surface area contributed by atoms with Crippen LogP contribution < -0.4 is 0 Å². The Morgan fingerprint density at radius 2 is 1.78 bits per heavy atom. The van der Waals surface area contributed by atoms with Gasteiger partial charge in [-0.3, -0.25) is 4.57 Å². The summed E-state index contributed by atoms with van der Waals surface area (Å²) in [7, 11) is -3.59. The van der Waals surface area contributed by atoms with Gasteiger partial charge in [0.05, 0.1) is 18.5 Å². The van der Waals surface area contributed by atoms with Gasteiger partial charge in [-0.1, -0.05) is 38.0 Å². The highest BCUT2D eigenvalue weighted by Gasteiger charge is 2.34. The Balaban J connectivity index is 3.19. The van der Waals surface area contributed by atoms with Gasteiger partial charge in [0.25, 0.3) is 0 Å². The van der Waals surface area contributed by atoms with E-state index in [1.807, 2.05) is 0 Å². The lowest BCUT2D eigenvalue weighted by Crippen LogP contribution is -2.07. The molecule has 0 aliphatic carbocycles. The fourth-order valence-electron chi connectivity index (χ4n) is 2.17. The third-order valence-electron chi connectivity index (χ3n) is 3.29. The number of benzene rings is 1. The molecule has 130 valence electrons. The second-order valence-corrected chi connectivity index (χ2v) is 7.09. The number of hydrogen-bond acceptors (Lipinski definition) is 4. The number of aliphatic hydroxyl groups is 1. The van der Waals surface area contributed by atoms with Crippen LogP contribution in [0.15, 0.2) is 35.7 Å². The highest BCUT2D eigenvalue weighted by molar-refractivity contribution is 7.58. The van der Waals surface area contributed by atoms with Crippen molar-refractivity contribution in [1.82, 2.24) is 0 Å². The third-order valence-corrected chi connectivity index (χ3v) is 5.55. The average molecular weight is 344 g/mol. The third kappa shape index (κ3) is 5.85. The summed E-state index contributed by atoms with van der Waals surface area (Å²) < 4.78 is 36.8. The molecule has 0 aliphatic rings. The molecule has 0 amide bonds. The zero-order chi connectivity index (χ0) is 17.3. The van der Waals surface area contributed by atoms with Crippen LogP contribution in [0.5, 0.6) is 0 Å². The van der Waals surface area contributed by atoms with Crippen molar-refractivity contribution in [1.29, 1.82) is 0 Å². The monoisotopic (exact) mass is 344 g/mol. The van der Waals surface area contributed by atoms with Gasteiger partial charge >= 0.3 is 7.60 Å². The molecule has 0 aromatic heterocycles. The summed E-state index contributed by atoms with van der Waals surface area (Å²) in [6.07, 6.45) is 3.11. The van der Waals surface area contributed by atoms with Crippen molar-refractivity contribution in [2.45, 2.75) is 46.1 Å². The van der Waals surface area contributed by atoms with Crippen molar-refractivity contribution >= 4 is 7.60 Å². The van der Waals surface area contributed by atoms with Crippen LogP contribution in [0.3, 0.4) is 0 Å². The number of rotatable bonds is 10. The van der Waals surface area contributed by atoms with Crippen LogP contribution in [0.4, 0.5) is 4.39 Å². The Bertz CT molecular complexity index is 532. The van der Waals surface area contributed by atoms with Gasteiger partial charge in [-0.15, -0.1) is 0 Å². The molecular formula is C17H26FO4P. The fourth-order valence-corrected chi connectivity index (χ4v) is 4.02. The van der Waals surface area contributed by atoms with E-state index in [0.29, 0.717) is 12.0 Å². The highest BCUT2D eigenvalue weighted by Crippen LogP contribution is 2.60. The first-order chi connectivity index (χ1) is 11.0. The minimum atomic E-state index is -3.59. The summed E-state index contributed by atoms with van der Waals surface area (Å²) in [5.74, 6) is -0.393. The first-order valence-electron chi connectivity index (χ1n) is 8.01. The van der Waals surface area contributed by atoms with Crippen LogP contribution >= 0.6 is 7.60 Å². The molecule has 1 rings (SSSR count). The van der Waals surface area contributed by atoms with Crippen molar-refractivity contribution in [2.75, 3.05) is 13.2 Å². The molecule has 0 radical (unpaired) electrons. The van der Waals surface area contributed by atoms with Gasteiger partial charge in [0.2, 0.25) is 0 Å². The molecule has 1 atom stereocenters. The van der Waals surface area contributed by atoms with E-state index in [1.165, 1.54) is 24.3 Å². The predicted octanol–water partition coefficient (Wildman–Crippen LogP) is 5.20. The van der Waals surface area contributed by atoms with Gasteiger partial charge in [0, 0.05) is 0 Å². The van der Waals surface area contributed by atoms with Crippen LogP contribution in [0, 0.1) is 5.82 Å². The number of hydrogen-bond donors (Lipinski definition) is 1. The molecule has 1 N–H and O–H groups in total. The lowest BCUT2D eigenvalue weighted by Gasteiger charge is -2.24. The summed E-state index contributed by atoms with van der Waals surface area (Å²) in [6, 6.07) is 5.45. The zero-order valence-electron chi connectivity index (χ0n) is 14.0. The molecule has 0 bridgehead atoms. The molecule has 1 aromatic rings. The molecule has 23 heavy (non-hydrogen) atoms. The molecule has 1 aromatic carbocycles. The standard InChI is InChI=1S/C17H26FO4P/c1-4-7-8-9-16(23(20,21-5-2)22-6-3)17(19)14-10-12-15(18)13-11-14/h9-13,17,19H,4-8H2,1-3H3/b16-9-. The minimum absolute atomic E-state index is 0.207. The predicted molar refractivity (Wildman–Crippen MR) is 89.8 cm³/mol. The maximum absolute atomic E-state index is 13.1. The Morgan fingerprint density at radius 3 is 2.26 bits per heavy atom. The Kier molecular flexibility index (Phi) is 8.71. The van der Waals surface area contributed by atoms with Crippen LogP contribution in [-0.4, -0.2) is 18.3 Å². The molecule has 0 heterocycles. The van der Waals surface area contributed by atoms with Crippen molar-refractivity contribution in [3.8, 4) is 0 Å². The maximum atomic E-state index is 13.1. The van der Waals surface area contributed by atoms with Crippen LogP contribution in [0.1, 0.15) is 51.7 Å². The smallest absolute Gasteiger partial charge is 0.359 e. The molecule has 0 saturated carbocycles. The Morgan fingerprint density at radius 1 is 1.22 bits per heavy atom. The largest absolute Gasteiger partial charge is 0.383 e. The van der Waals surface area contributed by atoms with Gasteiger partial charge in [-0.25, -0.2) is 4.39 Å². The maximum Gasteiger partial charge on any atom is 0.359 e. The minimum Gasteiger partial charge on any atom is -0.383 e. The van der Waals surface area contributed by atoms with E-state index < -0.39 is 19.5 Å². The topological polar surface area (TPSA) is 55.8 Å². The fraction of sp³-hybridized carbons (Fsp3) is 0.529. The van der Waals surface area contributed by atoms with E-state index in [1.54, 1.807) is 19.9 Å². The van der Waals surface area contributed by atoms with Gasteiger partial charge < -0.3 is 14.2 Å². The van der Waals surface area contributed by atoms with E-state index in [4.69, 9.17) is 9.05 Å². The zero-order valence-corrected chi connectivity index (χ0v) is 14.9. The van der Waals surface area contributed by atoms with Crippen molar-refractivity contribution in [2.24, 2.45) is 0 Å². The molecule has 4 nitrogen and oxygen atoms in total. The first kappa shape index (κ1) is 20.0. The van der Waals surface area contributed by atoms with E-state index in [-0.39, 0.29) is 18.5 Å². The first-order valence-corrected chi connectivity index (χ1v) is 9.56. The molecule has 0 saturated heterocycles. The lowest BCUT2D eigenvalue weighted by molar-refractivity contribution is 0.192. The Labute approximate surface area is 137 Å². The van der Waals surface area contributed by atoms with Crippen LogP contribution in [-0.2, 0) is 13.6 Å². The summed E-state index contributed by atoms with van der Waals surface area (Å²) >= 11 is 0. The van der Waals surface area contributed by atoms with E-state index in [2.05, 4.69) is 6.92 Å². The molecule has 1 unspecified atom stereocenters. The van der Waals surface area contributed by atoms with Crippen molar-refractivity contribution < 1.29 is 23.1 Å². The van der Waals surface area contributed by atoms with Crippen molar-refractivity contribution in [3.63, 3.8) is 0 Å². The summed E-state index contributed by atoms with van der Waals surface area (Å²) in [5, 5.41) is 10.9. The number of halogens is 1. The molecular weight excluding hydrogens is 318 g/mol. The summed E-state index contributed by atoms with van der Waals surface area (Å²) in [6.45, 7) is 5.91. The lowest BCUT2D eigenvalue weighted by atomic mass is 10.1. The molecule has 0 spiro atoms. The van der Waals surface area contributed by atoms with E-state index >= 15 is 0 Å². The van der Waals surface area contributed by atoms with Gasteiger partial charge in [0.1, 0.15) is 11.9 Å². The quantitative estimate of drug-likeness (QED) is 0.468. The molecule has 0 fully saturated rings. The Hall–Kier alpha value is -1.00. The SMILES string of the molecule is CCCC/C=C(/C(O)c1ccc(F)cc1)P(=O)(OCC)OCC. The number of unbranched alkanes of at least 4 members (excludes halogenated alkanes) is 2.